The van der Waals surface area contributed by atoms with Crippen LogP contribution in [0.1, 0.15) is 31.4 Å². The Morgan fingerprint density at radius 1 is 1.39 bits per heavy atom. The van der Waals surface area contributed by atoms with E-state index in [0.717, 1.165) is 18.7 Å². The van der Waals surface area contributed by atoms with Gasteiger partial charge in [-0.3, -0.25) is 4.79 Å². The molecule has 2 rings (SSSR count). The average Bonchev–Trinajstić information content (AvgIpc) is 2.35. The molecule has 0 fully saturated rings. The van der Waals surface area contributed by atoms with Crippen LogP contribution in [0.4, 0.5) is 5.69 Å². The van der Waals surface area contributed by atoms with Crippen LogP contribution in [0.15, 0.2) is 18.2 Å². The first-order valence-corrected chi connectivity index (χ1v) is 6.76. The smallest absolute Gasteiger partial charge is 0.224 e. The third-order valence-electron chi connectivity index (χ3n) is 3.44. The van der Waals surface area contributed by atoms with E-state index < -0.39 is 0 Å². The van der Waals surface area contributed by atoms with E-state index in [1.54, 1.807) is 0 Å². The lowest BCUT2D eigenvalue weighted by Crippen LogP contribution is -2.32. The van der Waals surface area contributed by atoms with E-state index in [9.17, 15) is 4.79 Å². The van der Waals surface area contributed by atoms with Gasteiger partial charge in [-0.15, -0.1) is 11.6 Å². The molecule has 1 aromatic rings. The van der Waals surface area contributed by atoms with Gasteiger partial charge in [0.2, 0.25) is 5.91 Å². The average molecular weight is 267 g/mol. The second-order valence-corrected chi connectivity index (χ2v) is 5.63. The molecule has 0 aromatic heterocycles. The summed E-state index contributed by atoms with van der Waals surface area (Å²) in [6.07, 6.45) is 1.41. The van der Waals surface area contributed by atoms with Crippen molar-refractivity contribution < 1.29 is 4.79 Å². The second kappa shape index (κ2) is 5.29. The molecule has 0 unspecified atom stereocenters. The van der Waals surface area contributed by atoms with Gasteiger partial charge < -0.3 is 10.6 Å². The zero-order valence-electron chi connectivity index (χ0n) is 10.8. The quantitative estimate of drug-likeness (QED) is 0.650. The highest BCUT2D eigenvalue weighted by Gasteiger charge is 2.22. The van der Waals surface area contributed by atoms with E-state index in [1.165, 1.54) is 11.1 Å². The van der Waals surface area contributed by atoms with Crippen molar-refractivity contribution in [2.45, 2.75) is 32.1 Å². The van der Waals surface area contributed by atoms with Crippen molar-refractivity contribution in [3.63, 3.8) is 0 Å². The molecule has 2 N–H and O–H groups in total. The molecule has 1 amide bonds. The summed E-state index contributed by atoms with van der Waals surface area (Å²) >= 11 is 5.67. The first-order valence-electron chi connectivity index (χ1n) is 6.23. The maximum atomic E-state index is 11.3. The lowest BCUT2D eigenvalue weighted by atomic mass is 9.83. The predicted octanol–water partition coefficient (Wildman–Crippen LogP) is 2.63. The first-order chi connectivity index (χ1) is 8.53. The molecule has 4 heteroatoms. The van der Waals surface area contributed by atoms with Crippen LogP contribution in [0.2, 0.25) is 0 Å². The first kappa shape index (κ1) is 13.4. The molecule has 1 aliphatic heterocycles. The molecule has 98 valence electrons. The van der Waals surface area contributed by atoms with Crippen LogP contribution in [0.25, 0.3) is 0 Å². The molecule has 1 aliphatic rings. The molecule has 0 saturated carbocycles. The lowest BCUT2D eigenvalue weighted by Gasteiger charge is -2.27. The van der Waals surface area contributed by atoms with Crippen LogP contribution in [-0.4, -0.2) is 18.5 Å². The number of aryl methyl sites for hydroxylation is 1. The predicted molar refractivity (Wildman–Crippen MR) is 75.1 cm³/mol. The number of carbonyl (C=O) groups excluding carboxylic acids is 1. The molecule has 0 saturated heterocycles. The minimum atomic E-state index is 0.0331. The number of hydrogen-bond donors (Lipinski definition) is 2. The summed E-state index contributed by atoms with van der Waals surface area (Å²) in [5.41, 5.74) is 3.49. The van der Waals surface area contributed by atoms with E-state index >= 15 is 0 Å². The van der Waals surface area contributed by atoms with Crippen molar-refractivity contribution in [3.8, 4) is 0 Å². The number of anilines is 1. The van der Waals surface area contributed by atoms with Gasteiger partial charge in [-0.05, 0) is 23.6 Å². The molecule has 3 nitrogen and oxygen atoms in total. The fourth-order valence-corrected chi connectivity index (χ4v) is 2.36. The molecular weight excluding hydrogens is 248 g/mol. The van der Waals surface area contributed by atoms with Crippen molar-refractivity contribution >= 4 is 23.2 Å². The Kier molecular flexibility index (Phi) is 3.93. The van der Waals surface area contributed by atoms with Crippen LogP contribution in [0.3, 0.4) is 0 Å². The third kappa shape index (κ3) is 2.85. The van der Waals surface area contributed by atoms with E-state index in [2.05, 4.69) is 36.6 Å². The molecule has 1 aromatic carbocycles. The Morgan fingerprint density at radius 2 is 2.17 bits per heavy atom. The fourth-order valence-electron chi connectivity index (χ4n) is 2.27. The van der Waals surface area contributed by atoms with Crippen molar-refractivity contribution in [2.24, 2.45) is 0 Å². The monoisotopic (exact) mass is 266 g/mol. The minimum Gasteiger partial charge on any atom is -0.326 e. The van der Waals surface area contributed by atoms with Crippen LogP contribution < -0.4 is 10.6 Å². The van der Waals surface area contributed by atoms with E-state index in [0.29, 0.717) is 12.4 Å². The van der Waals surface area contributed by atoms with Crippen molar-refractivity contribution in [1.82, 2.24) is 5.32 Å². The SMILES string of the molecule is CC(C)(CNCCl)c1ccc2c(c1)CCC(=O)N2. The molecule has 0 radical (unpaired) electrons. The summed E-state index contributed by atoms with van der Waals surface area (Å²) in [6, 6.07) is 6.75. The van der Waals surface area contributed by atoms with E-state index in [-0.39, 0.29) is 11.3 Å². The molecule has 0 atom stereocenters. The zero-order chi connectivity index (χ0) is 13.2. The normalized spacial score (nSPS) is 15.2. The van der Waals surface area contributed by atoms with Gasteiger partial charge in [0.05, 0.1) is 6.00 Å². The third-order valence-corrected chi connectivity index (χ3v) is 3.63. The van der Waals surface area contributed by atoms with Crippen molar-refractivity contribution in [3.05, 3.63) is 29.3 Å². The molecule has 1 heterocycles. The number of alkyl halides is 1. The number of rotatable bonds is 4. The van der Waals surface area contributed by atoms with E-state index in [1.807, 2.05) is 6.07 Å². The number of fused-ring (bicyclic) bond motifs is 1. The number of benzene rings is 1. The van der Waals surface area contributed by atoms with Gasteiger partial charge in [0, 0.05) is 24.1 Å². The summed E-state index contributed by atoms with van der Waals surface area (Å²) in [5.74, 6) is 0.110. The van der Waals surface area contributed by atoms with Crippen LogP contribution in [-0.2, 0) is 16.6 Å². The van der Waals surface area contributed by atoms with Gasteiger partial charge in [-0.2, -0.15) is 0 Å². The summed E-state index contributed by atoms with van der Waals surface area (Å²) in [4.78, 5) is 11.3. The van der Waals surface area contributed by atoms with Crippen LogP contribution in [0, 0.1) is 0 Å². The largest absolute Gasteiger partial charge is 0.326 e. The van der Waals surface area contributed by atoms with E-state index in [4.69, 9.17) is 11.6 Å². The molecule has 18 heavy (non-hydrogen) atoms. The van der Waals surface area contributed by atoms with Gasteiger partial charge in [0.1, 0.15) is 0 Å². The summed E-state index contributed by atoms with van der Waals surface area (Å²) < 4.78 is 0. The number of halogens is 1. The summed E-state index contributed by atoms with van der Waals surface area (Å²) in [6.45, 7) is 5.22. The molecular formula is C14H19ClN2O. The zero-order valence-corrected chi connectivity index (χ0v) is 11.6. The molecule has 0 bridgehead atoms. The maximum Gasteiger partial charge on any atom is 0.224 e. The van der Waals surface area contributed by atoms with Crippen LogP contribution >= 0.6 is 11.6 Å². The minimum absolute atomic E-state index is 0.0331. The Hall–Kier alpha value is -1.06. The Labute approximate surface area is 113 Å². The molecule has 0 spiro atoms. The standard InChI is InChI=1S/C14H19ClN2O/c1-14(2,8-16-9-15)11-4-5-12-10(7-11)3-6-13(18)17-12/h4-5,7,16H,3,6,8-9H2,1-2H3,(H,17,18). The summed E-state index contributed by atoms with van der Waals surface area (Å²) in [5, 5.41) is 6.08. The van der Waals surface area contributed by atoms with Gasteiger partial charge >= 0.3 is 0 Å². The van der Waals surface area contributed by atoms with Gasteiger partial charge in [0.25, 0.3) is 0 Å². The molecule has 0 aliphatic carbocycles. The fraction of sp³-hybridized carbons (Fsp3) is 0.500. The second-order valence-electron chi connectivity index (χ2n) is 5.36. The van der Waals surface area contributed by atoms with Crippen molar-refractivity contribution in [1.29, 1.82) is 0 Å². The highest BCUT2D eigenvalue weighted by Crippen LogP contribution is 2.29. The summed E-state index contributed by atoms with van der Waals surface area (Å²) in [7, 11) is 0. The lowest BCUT2D eigenvalue weighted by molar-refractivity contribution is -0.116. The highest BCUT2D eigenvalue weighted by atomic mass is 35.5. The van der Waals surface area contributed by atoms with Crippen molar-refractivity contribution in [2.75, 3.05) is 17.9 Å². The number of nitrogens with one attached hydrogen (secondary N) is 2. The Bertz CT molecular complexity index is 457. The van der Waals surface area contributed by atoms with Gasteiger partial charge in [-0.1, -0.05) is 26.0 Å². The maximum absolute atomic E-state index is 11.3. The Balaban J connectivity index is 2.23. The topological polar surface area (TPSA) is 41.1 Å². The number of carbonyl (C=O) groups is 1. The van der Waals surface area contributed by atoms with Gasteiger partial charge in [0.15, 0.2) is 0 Å². The van der Waals surface area contributed by atoms with Gasteiger partial charge in [-0.25, -0.2) is 0 Å². The number of amides is 1. The highest BCUT2D eigenvalue weighted by molar-refractivity contribution is 6.17. The van der Waals surface area contributed by atoms with Crippen LogP contribution in [0.5, 0.6) is 0 Å². The number of hydrogen-bond acceptors (Lipinski definition) is 2. The Morgan fingerprint density at radius 3 is 2.89 bits per heavy atom.